The van der Waals surface area contributed by atoms with E-state index in [4.69, 9.17) is 4.74 Å². The lowest BCUT2D eigenvalue weighted by molar-refractivity contribution is 0.102. The Morgan fingerprint density at radius 1 is 1.14 bits per heavy atom. The van der Waals surface area contributed by atoms with Crippen LogP contribution in [0.5, 0.6) is 5.75 Å². The fourth-order valence-corrected chi connectivity index (χ4v) is 2.22. The van der Waals surface area contributed by atoms with Gasteiger partial charge in [-0.2, -0.15) is 0 Å². The Morgan fingerprint density at radius 2 is 1.86 bits per heavy atom. The molecule has 0 aromatic heterocycles. The highest BCUT2D eigenvalue weighted by molar-refractivity contribution is 6.05. The van der Waals surface area contributed by atoms with E-state index in [1.165, 1.54) is 5.56 Å². The third-order valence-corrected chi connectivity index (χ3v) is 3.55. The van der Waals surface area contributed by atoms with Crippen molar-refractivity contribution < 1.29 is 9.53 Å². The van der Waals surface area contributed by atoms with Crippen LogP contribution in [-0.2, 0) is 0 Å². The van der Waals surface area contributed by atoms with Crippen LogP contribution in [0.1, 0.15) is 27.0 Å². The van der Waals surface area contributed by atoms with Gasteiger partial charge in [0.15, 0.2) is 0 Å². The van der Waals surface area contributed by atoms with Gasteiger partial charge < -0.3 is 10.1 Å². The standard InChI is InChI=1S/C19H21NO2/c1-5-9-22-17-8-6-7-16(12-17)20-19(21)18-11-14(3)13(2)10-15(18)4/h5-8,10-12H,1,9H2,2-4H3,(H,20,21). The van der Waals surface area contributed by atoms with Crippen molar-refractivity contribution in [3.63, 3.8) is 0 Å². The minimum Gasteiger partial charge on any atom is -0.489 e. The second kappa shape index (κ2) is 6.94. The molecule has 0 saturated carbocycles. The van der Waals surface area contributed by atoms with Crippen LogP contribution in [0.15, 0.2) is 49.1 Å². The summed E-state index contributed by atoms with van der Waals surface area (Å²) < 4.78 is 5.47. The Bertz CT molecular complexity index is 705. The van der Waals surface area contributed by atoms with Crippen molar-refractivity contribution in [1.29, 1.82) is 0 Å². The molecule has 0 aliphatic carbocycles. The lowest BCUT2D eigenvalue weighted by Crippen LogP contribution is -2.14. The SMILES string of the molecule is C=CCOc1cccc(NC(=O)c2cc(C)c(C)cc2C)c1. The van der Waals surface area contributed by atoms with Gasteiger partial charge in [0, 0.05) is 17.3 Å². The monoisotopic (exact) mass is 295 g/mol. The van der Waals surface area contributed by atoms with E-state index in [0.717, 1.165) is 11.1 Å². The molecule has 1 N–H and O–H groups in total. The molecule has 0 fully saturated rings. The average Bonchev–Trinajstić information content (AvgIpc) is 2.49. The van der Waals surface area contributed by atoms with Crippen LogP contribution in [0, 0.1) is 20.8 Å². The number of rotatable bonds is 5. The second-order valence-corrected chi connectivity index (χ2v) is 5.33. The molecule has 0 saturated heterocycles. The Balaban J connectivity index is 2.18. The summed E-state index contributed by atoms with van der Waals surface area (Å²) in [6, 6.07) is 11.3. The van der Waals surface area contributed by atoms with Crippen LogP contribution < -0.4 is 10.1 Å². The first kappa shape index (κ1) is 15.8. The van der Waals surface area contributed by atoms with E-state index < -0.39 is 0 Å². The molecule has 2 aromatic carbocycles. The molecule has 0 unspecified atom stereocenters. The summed E-state index contributed by atoms with van der Waals surface area (Å²) in [6.45, 7) is 10.1. The Labute approximate surface area is 131 Å². The number of hydrogen-bond acceptors (Lipinski definition) is 2. The molecule has 3 heteroatoms. The summed E-state index contributed by atoms with van der Waals surface area (Å²) in [6.07, 6.45) is 1.68. The van der Waals surface area contributed by atoms with Gasteiger partial charge in [-0.1, -0.05) is 24.8 Å². The summed E-state index contributed by atoms with van der Waals surface area (Å²) in [5, 5.41) is 2.92. The van der Waals surface area contributed by atoms with Gasteiger partial charge in [0.05, 0.1) is 0 Å². The maximum atomic E-state index is 12.5. The molecule has 0 spiro atoms. The predicted molar refractivity (Wildman–Crippen MR) is 90.7 cm³/mol. The Hall–Kier alpha value is -2.55. The maximum absolute atomic E-state index is 12.5. The minimum absolute atomic E-state index is 0.110. The molecular weight excluding hydrogens is 274 g/mol. The van der Waals surface area contributed by atoms with E-state index in [0.29, 0.717) is 23.6 Å². The molecule has 2 aromatic rings. The third kappa shape index (κ3) is 3.76. The molecule has 0 aliphatic rings. The molecule has 22 heavy (non-hydrogen) atoms. The molecule has 0 bridgehead atoms. The van der Waals surface area contributed by atoms with Crippen LogP contribution in [0.3, 0.4) is 0 Å². The first-order chi connectivity index (χ1) is 10.5. The highest BCUT2D eigenvalue weighted by atomic mass is 16.5. The number of aryl methyl sites for hydroxylation is 3. The summed E-state index contributed by atoms with van der Waals surface area (Å²) in [4.78, 5) is 12.5. The highest BCUT2D eigenvalue weighted by Crippen LogP contribution is 2.20. The normalized spacial score (nSPS) is 10.1. The van der Waals surface area contributed by atoms with Crippen LogP contribution in [0.25, 0.3) is 0 Å². The van der Waals surface area contributed by atoms with E-state index in [9.17, 15) is 4.79 Å². The van der Waals surface area contributed by atoms with E-state index in [2.05, 4.69) is 11.9 Å². The maximum Gasteiger partial charge on any atom is 0.255 e. The summed E-state index contributed by atoms with van der Waals surface area (Å²) >= 11 is 0. The van der Waals surface area contributed by atoms with Crippen molar-refractivity contribution in [2.45, 2.75) is 20.8 Å². The number of carbonyl (C=O) groups is 1. The summed E-state index contributed by atoms with van der Waals surface area (Å²) in [5.74, 6) is 0.593. The molecule has 0 aliphatic heterocycles. The number of amides is 1. The first-order valence-electron chi connectivity index (χ1n) is 7.24. The van der Waals surface area contributed by atoms with Crippen molar-refractivity contribution in [2.24, 2.45) is 0 Å². The quantitative estimate of drug-likeness (QED) is 0.829. The van der Waals surface area contributed by atoms with Crippen LogP contribution in [0.4, 0.5) is 5.69 Å². The van der Waals surface area contributed by atoms with Gasteiger partial charge in [0.2, 0.25) is 0 Å². The number of ether oxygens (including phenoxy) is 1. The van der Waals surface area contributed by atoms with E-state index in [1.54, 1.807) is 12.1 Å². The second-order valence-electron chi connectivity index (χ2n) is 5.33. The molecule has 114 valence electrons. The van der Waals surface area contributed by atoms with Gasteiger partial charge in [0.25, 0.3) is 5.91 Å². The number of carbonyl (C=O) groups excluding carboxylic acids is 1. The Morgan fingerprint density at radius 3 is 2.59 bits per heavy atom. The lowest BCUT2D eigenvalue weighted by atomic mass is 10.0. The van der Waals surface area contributed by atoms with Gasteiger partial charge in [0.1, 0.15) is 12.4 Å². The molecular formula is C19H21NO2. The summed E-state index contributed by atoms with van der Waals surface area (Å²) in [7, 11) is 0. The van der Waals surface area contributed by atoms with Gasteiger partial charge in [-0.25, -0.2) is 0 Å². The fraction of sp³-hybridized carbons (Fsp3) is 0.211. The predicted octanol–water partition coefficient (Wildman–Crippen LogP) is 4.43. The number of hydrogen-bond donors (Lipinski definition) is 1. The van der Waals surface area contributed by atoms with Crippen molar-refractivity contribution in [2.75, 3.05) is 11.9 Å². The van der Waals surface area contributed by atoms with Gasteiger partial charge in [-0.15, -0.1) is 0 Å². The van der Waals surface area contributed by atoms with E-state index in [-0.39, 0.29) is 5.91 Å². The molecule has 0 atom stereocenters. The van der Waals surface area contributed by atoms with Crippen LogP contribution in [-0.4, -0.2) is 12.5 Å². The van der Waals surface area contributed by atoms with Crippen molar-refractivity contribution >= 4 is 11.6 Å². The van der Waals surface area contributed by atoms with E-state index >= 15 is 0 Å². The largest absolute Gasteiger partial charge is 0.489 e. The molecule has 0 heterocycles. The average molecular weight is 295 g/mol. The first-order valence-corrected chi connectivity index (χ1v) is 7.24. The van der Waals surface area contributed by atoms with Gasteiger partial charge in [-0.3, -0.25) is 4.79 Å². The third-order valence-electron chi connectivity index (χ3n) is 3.55. The van der Waals surface area contributed by atoms with Crippen molar-refractivity contribution in [3.8, 4) is 5.75 Å². The number of benzene rings is 2. The molecule has 0 radical (unpaired) electrons. The zero-order chi connectivity index (χ0) is 16.1. The van der Waals surface area contributed by atoms with E-state index in [1.807, 2.05) is 51.1 Å². The molecule has 3 nitrogen and oxygen atoms in total. The topological polar surface area (TPSA) is 38.3 Å². The van der Waals surface area contributed by atoms with Gasteiger partial charge in [-0.05, 0) is 55.7 Å². The van der Waals surface area contributed by atoms with Crippen molar-refractivity contribution in [3.05, 3.63) is 71.3 Å². The van der Waals surface area contributed by atoms with Crippen LogP contribution in [0.2, 0.25) is 0 Å². The highest BCUT2D eigenvalue weighted by Gasteiger charge is 2.11. The van der Waals surface area contributed by atoms with Gasteiger partial charge >= 0.3 is 0 Å². The summed E-state index contributed by atoms with van der Waals surface area (Å²) in [5.41, 5.74) is 4.68. The Kier molecular flexibility index (Phi) is 4.99. The zero-order valence-corrected chi connectivity index (χ0v) is 13.3. The van der Waals surface area contributed by atoms with Crippen molar-refractivity contribution in [1.82, 2.24) is 0 Å². The number of nitrogens with one attached hydrogen (secondary N) is 1. The number of anilines is 1. The lowest BCUT2D eigenvalue weighted by Gasteiger charge is -2.11. The fourth-order valence-electron chi connectivity index (χ4n) is 2.22. The van der Waals surface area contributed by atoms with Crippen LogP contribution >= 0.6 is 0 Å². The smallest absolute Gasteiger partial charge is 0.255 e. The molecule has 1 amide bonds. The molecule has 2 rings (SSSR count). The minimum atomic E-state index is -0.110. The zero-order valence-electron chi connectivity index (χ0n) is 13.3.